The van der Waals surface area contributed by atoms with E-state index in [1.165, 1.54) is 18.9 Å². The van der Waals surface area contributed by atoms with Gasteiger partial charge in [-0.1, -0.05) is 12.1 Å². The van der Waals surface area contributed by atoms with Crippen molar-refractivity contribution in [3.8, 4) is 0 Å². The van der Waals surface area contributed by atoms with E-state index in [1.54, 1.807) is 12.1 Å². The zero-order chi connectivity index (χ0) is 16.6. The van der Waals surface area contributed by atoms with Crippen molar-refractivity contribution in [2.24, 2.45) is 17.3 Å². The quantitative estimate of drug-likeness (QED) is 0.924. The van der Waals surface area contributed by atoms with Crippen molar-refractivity contribution >= 4 is 5.91 Å². The van der Waals surface area contributed by atoms with Crippen LogP contribution in [0.4, 0.5) is 4.39 Å². The van der Waals surface area contributed by atoms with Crippen LogP contribution in [-0.4, -0.2) is 37.0 Å². The topological polar surface area (TPSA) is 32.3 Å². The molecule has 3 fully saturated rings. The van der Waals surface area contributed by atoms with Gasteiger partial charge in [-0.05, 0) is 80.6 Å². The summed E-state index contributed by atoms with van der Waals surface area (Å²) in [6.45, 7) is 3.90. The molecule has 0 bridgehead atoms. The maximum atomic E-state index is 13.3. The zero-order valence-electron chi connectivity index (χ0n) is 14.3. The normalized spacial score (nSPS) is 26.5. The molecular formula is C20H27FN2O. The Bertz CT molecular complexity index is 603. The van der Waals surface area contributed by atoms with Crippen LogP contribution in [0.5, 0.6) is 0 Å². The maximum absolute atomic E-state index is 13.3. The summed E-state index contributed by atoms with van der Waals surface area (Å²) in [5.74, 6) is 1.12. The van der Waals surface area contributed by atoms with Crippen molar-refractivity contribution < 1.29 is 9.18 Å². The van der Waals surface area contributed by atoms with Gasteiger partial charge in [0.25, 0.3) is 0 Å². The number of hydrogen-bond donors (Lipinski definition) is 1. The van der Waals surface area contributed by atoms with E-state index >= 15 is 0 Å². The molecule has 3 aliphatic rings. The lowest BCUT2D eigenvalue weighted by Gasteiger charge is -2.33. The molecule has 1 amide bonds. The van der Waals surface area contributed by atoms with Crippen LogP contribution in [0.1, 0.15) is 37.7 Å². The van der Waals surface area contributed by atoms with E-state index < -0.39 is 0 Å². The summed E-state index contributed by atoms with van der Waals surface area (Å²) in [7, 11) is 0. The third kappa shape index (κ3) is 3.21. The molecule has 2 heterocycles. The molecule has 4 rings (SSSR count). The molecule has 4 heteroatoms. The van der Waals surface area contributed by atoms with Crippen LogP contribution >= 0.6 is 0 Å². The summed E-state index contributed by atoms with van der Waals surface area (Å²) in [6.07, 6.45) is 6.46. The standard InChI is InChI=1S/C20H27FN2O/c21-17-3-1-2-16(13-17)12-15-4-10-23(11-5-15)19(24)18-14-20(18)6-8-22-9-7-20/h1-3,13,15,18,22H,4-12,14H2. The zero-order valence-corrected chi connectivity index (χ0v) is 14.3. The van der Waals surface area contributed by atoms with Gasteiger partial charge in [0, 0.05) is 19.0 Å². The fourth-order valence-corrected chi connectivity index (χ4v) is 4.75. The minimum Gasteiger partial charge on any atom is -0.342 e. The number of rotatable bonds is 3. The first-order valence-electron chi connectivity index (χ1n) is 9.40. The number of halogens is 1. The van der Waals surface area contributed by atoms with Crippen molar-refractivity contribution in [1.29, 1.82) is 0 Å². The van der Waals surface area contributed by atoms with Gasteiger partial charge in [0.15, 0.2) is 0 Å². The Morgan fingerprint density at radius 2 is 2.00 bits per heavy atom. The second-order valence-electron chi connectivity index (χ2n) is 7.97. The summed E-state index contributed by atoms with van der Waals surface area (Å²) < 4.78 is 13.3. The molecule has 3 nitrogen and oxygen atoms in total. The van der Waals surface area contributed by atoms with Crippen LogP contribution in [0.25, 0.3) is 0 Å². The lowest BCUT2D eigenvalue weighted by molar-refractivity contribution is -0.135. The molecule has 1 spiro atoms. The number of benzene rings is 1. The number of likely N-dealkylation sites (tertiary alicyclic amines) is 1. The third-order valence-corrected chi connectivity index (χ3v) is 6.43. The first-order valence-corrected chi connectivity index (χ1v) is 9.40. The molecule has 0 aromatic heterocycles. The number of piperidine rings is 2. The Labute approximate surface area is 143 Å². The van der Waals surface area contributed by atoms with Crippen LogP contribution in [0.2, 0.25) is 0 Å². The number of hydrogen-bond acceptors (Lipinski definition) is 2. The molecular weight excluding hydrogens is 303 g/mol. The van der Waals surface area contributed by atoms with Crippen molar-refractivity contribution in [1.82, 2.24) is 10.2 Å². The van der Waals surface area contributed by atoms with Gasteiger partial charge in [0.1, 0.15) is 5.82 Å². The highest BCUT2D eigenvalue weighted by molar-refractivity contribution is 5.82. The van der Waals surface area contributed by atoms with Gasteiger partial charge in [-0.25, -0.2) is 4.39 Å². The van der Waals surface area contributed by atoms with E-state index in [0.29, 0.717) is 23.2 Å². The SMILES string of the molecule is O=C(C1CC12CCNCC2)N1CCC(Cc2cccc(F)c2)CC1. The second-order valence-corrected chi connectivity index (χ2v) is 7.97. The monoisotopic (exact) mass is 330 g/mol. The number of amides is 1. The molecule has 2 aliphatic heterocycles. The highest BCUT2D eigenvalue weighted by Gasteiger charge is 2.58. The first-order chi connectivity index (χ1) is 11.7. The molecule has 24 heavy (non-hydrogen) atoms. The van der Waals surface area contributed by atoms with Crippen LogP contribution in [0.15, 0.2) is 24.3 Å². The van der Waals surface area contributed by atoms with Crippen molar-refractivity contribution in [3.63, 3.8) is 0 Å². The lowest BCUT2D eigenvalue weighted by Crippen LogP contribution is -2.41. The van der Waals surface area contributed by atoms with Gasteiger partial charge >= 0.3 is 0 Å². The van der Waals surface area contributed by atoms with E-state index in [4.69, 9.17) is 0 Å². The second kappa shape index (κ2) is 6.47. The van der Waals surface area contributed by atoms with Crippen LogP contribution in [-0.2, 0) is 11.2 Å². The average molecular weight is 330 g/mol. The van der Waals surface area contributed by atoms with E-state index in [2.05, 4.69) is 10.2 Å². The molecule has 0 radical (unpaired) electrons. The van der Waals surface area contributed by atoms with Crippen molar-refractivity contribution in [2.75, 3.05) is 26.2 Å². The van der Waals surface area contributed by atoms with E-state index in [0.717, 1.165) is 57.4 Å². The maximum Gasteiger partial charge on any atom is 0.226 e. The van der Waals surface area contributed by atoms with E-state index in [-0.39, 0.29) is 5.82 Å². The van der Waals surface area contributed by atoms with Gasteiger partial charge in [0.05, 0.1) is 0 Å². The molecule has 2 saturated heterocycles. The predicted molar refractivity (Wildman–Crippen MR) is 92.1 cm³/mol. The van der Waals surface area contributed by atoms with Crippen molar-refractivity contribution in [3.05, 3.63) is 35.6 Å². The van der Waals surface area contributed by atoms with Gasteiger partial charge in [-0.15, -0.1) is 0 Å². The molecule has 1 aliphatic carbocycles. The summed E-state index contributed by atoms with van der Waals surface area (Å²) in [5.41, 5.74) is 1.41. The third-order valence-electron chi connectivity index (χ3n) is 6.43. The summed E-state index contributed by atoms with van der Waals surface area (Å²) >= 11 is 0. The Kier molecular flexibility index (Phi) is 4.33. The van der Waals surface area contributed by atoms with E-state index in [1.807, 2.05) is 6.07 Å². The average Bonchev–Trinajstić information content (AvgIpc) is 3.28. The Hall–Kier alpha value is -1.42. The smallest absolute Gasteiger partial charge is 0.226 e. The minimum atomic E-state index is -0.152. The predicted octanol–water partition coefficient (Wildman–Crippen LogP) is 3.00. The fourth-order valence-electron chi connectivity index (χ4n) is 4.75. The Balaban J connectivity index is 1.28. The van der Waals surface area contributed by atoms with Gasteiger partial charge in [-0.3, -0.25) is 4.79 Å². The molecule has 1 atom stereocenters. The Morgan fingerprint density at radius 1 is 1.25 bits per heavy atom. The Morgan fingerprint density at radius 3 is 2.71 bits per heavy atom. The van der Waals surface area contributed by atoms with Crippen LogP contribution < -0.4 is 5.32 Å². The highest BCUT2D eigenvalue weighted by atomic mass is 19.1. The number of nitrogens with zero attached hydrogens (tertiary/aromatic N) is 1. The fraction of sp³-hybridized carbons (Fsp3) is 0.650. The van der Waals surface area contributed by atoms with Crippen LogP contribution in [0, 0.1) is 23.1 Å². The molecule has 1 unspecified atom stereocenters. The summed E-state index contributed by atoms with van der Waals surface area (Å²) in [6, 6.07) is 6.93. The molecule has 1 N–H and O–H groups in total. The molecule has 1 aromatic rings. The van der Waals surface area contributed by atoms with Gasteiger partial charge in [-0.2, -0.15) is 0 Å². The largest absolute Gasteiger partial charge is 0.342 e. The van der Waals surface area contributed by atoms with Crippen LogP contribution in [0.3, 0.4) is 0 Å². The highest BCUT2D eigenvalue weighted by Crippen LogP contribution is 2.59. The number of carbonyl (C=O) groups excluding carboxylic acids is 1. The summed E-state index contributed by atoms with van der Waals surface area (Å²) in [4.78, 5) is 14.9. The molecule has 1 aromatic carbocycles. The van der Waals surface area contributed by atoms with Crippen molar-refractivity contribution in [2.45, 2.75) is 38.5 Å². The van der Waals surface area contributed by atoms with Gasteiger partial charge < -0.3 is 10.2 Å². The first kappa shape index (κ1) is 16.1. The van der Waals surface area contributed by atoms with E-state index in [9.17, 15) is 9.18 Å². The molecule has 130 valence electrons. The summed E-state index contributed by atoms with van der Waals surface area (Å²) in [5, 5.41) is 3.40. The lowest BCUT2D eigenvalue weighted by atomic mass is 9.89. The molecule has 1 saturated carbocycles. The number of carbonyl (C=O) groups is 1. The minimum absolute atomic E-state index is 0.152. The van der Waals surface area contributed by atoms with Gasteiger partial charge in [0.2, 0.25) is 5.91 Å². The number of nitrogens with one attached hydrogen (secondary N) is 1.